The quantitative estimate of drug-likeness (QED) is 0.743. The van der Waals surface area contributed by atoms with Crippen molar-refractivity contribution in [1.29, 1.82) is 0 Å². The van der Waals surface area contributed by atoms with Crippen LogP contribution in [0.25, 0.3) is 0 Å². The maximum Gasteiger partial charge on any atom is 0.410 e. The Bertz CT molecular complexity index is 580. The molecule has 1 aromatic rings. The van der Waals surface area contributed by atoms with E-state index in [2.05, 4.69) is 14.9 Å². The van der Waals surface area contributed by atoms with E-state index in [1.807, 2.05) is 27.7 Å². The number of halogens is 1. The monoisotopic (exact) mass is 324 g/mol. The van der Waals surface area contributed by atoms with Crippen LogP contribution in [0.3, 0.4) is 0 Å². The number of aromatic nitrogens is 2. The molecule has 0 radical (unpaired) electrons. The van der Waals surface area contributed by atoms with Crippen molar-refractivity contribution in [3.05, 3.63) is 17.0 Å². The number of rotatable bonds is 1. The van der Waals surface area contributed by atoms with Crippen LogP contribution in [0, 0.1) is 12.3 Å². The van der Waals surface area contributed by atoms with E-state index in [0.717, 1.165) is 32.0 Å². The summed E-state index contributed by atoms with van der Waals surface area (Å²) in [6, 6.07) is 1.78. The highest BCUT2D eigenvalue weighted by Crippen LogP contribution is 2.42. The molecule has 22 heavy (non-hydrogen) atoms. The van der Waals surface area contributed by atoms with Crippen LogP contribution < -0.4 is 4.90 Å². The molecule has 1 spiro atoms. The van der Waals surface area contributed by atoms with E-state index in [-0.39, 0.29) is 11.5 Å². The molecule has 0 aromatic carbocycles. The van der Waals surface area contributed by atoms with Crippen molar-refractivity contribution in [2.75, 3.05) is 31.1 Å². The summed E-state index contributed by atoms with van der Waals surface area (Å²) < 4.78 is 5.38. The molecule has 2 saturated heterocycles. The predicted octanol–water partition coefficient (Wildman–Crippen LogP) is 2.50. The Balaban J connectivity index is 1.54. The molecule has 6 nitrogen and oxygen atoms in total. The average molecular weight is 325 g/mol. The van der Waals surface area contributed by atoms with Gasteiger partial charge in [0.1, 0.15) is 22.4 Å². The number of aryl methyl sites for hydroxylation is 1. The molecule has 1 aromatic heterocycles. The second-order valence-corrected chi connectivity index (χ2v) is 7.68. The van der Waals surface area contributed by atoms with Gasteiger partial charge in [-0.2, -0.15) is 0 Å². The van der Waals surface area contributed by atoms with Crippen LogP contribution in [0.15, 0.2) is 6.07 Å². The summed E-state index contributed by atoms with van der Waals surface area (Å²) in [6.45, 7) is 10.7. The molecule has 0 unspecified atom stereocenters. The van der Waals surface area contributed by atoms with E-state index in [4.69, 9.17) is 16.3 Å². The van der Waals surface area contributed by atoms with Gasteiger partial charge in [-0.3, -0.25) is 0 Å². The molecule has 3 rings (SSSR count). The second-order valence-electron chi connectivity index (χ2n) is 7.29. The number of anilines is 1. The van der Waals surface area contributed by atoms with E-state index >= 15 is 0 Å². The van der Waals surface area contributed by atoms with Crippen molar-refractivity contribution in [2.24, 2.45) is 5.41 Å². The summed E-state index contributed by atoms with van der Waals surface area (Å²) >= 11 is 5.97. The van der Waals surface area contributed by atoms with Gasteiger partial charge in [-0.1, -0.05) is 11.6 Å². The number of hydrogen-bond acceptors (Lipinski definition) is 5. The van der Waals surface area contributed by atoms with Crippen LogP contribution in [0.4, 0.5) is 10.6 Å². The first-order valence-corrected chi connectivity index (χ1v) is 7.78. The Morgan fingerprint density at radius 3 is 2.45 bits per heavy atom. The van der Waals surface area contributed by atoms with Crippen molar-refractivity contribution in [1.82, 2.24) is 14.9 Å². The molecule has 0 aliphatic carbocycles. The highest BCUT2D eigenvalue weighted by molar-refractivity contribution is 6.29. The first kappa shape index (κ1) is 15.3. The largest absolute Gasteiger partial charge is 0.444 e. The highest BCUT2D eigenvalue weighted by Gasteiger charge is 2.54. The van der Waals surface area contributed by atoms with E-state index in [9.17, 15) is 4.79 Å². The Kier molecular flexibility index (Phi) is 3.47. The Hall–Kier alpha value is -1.56. The molecule has 120 valence electrons. The summed E-state index contributed by atoms with van der Waals surface area (Å²) in [5, 5.41) is 0.465. The molecular formula is C15H21ClN4O2. The zero-order valence-electron chi connectivity index (χ0n) is 13.4. The van der Waals surface area contributed by atoms with Crippen molar-refractivity contribution in [2.45, 2.75) is 33.3 Å². The molecule has 2 aliphatic rings. The lowest BCUT2D eigenvalue weighted by Crippen LogP contribution is -2.73. The molecule has 3 heterocycles. The van der Waals surface area contributed by atoms with Gasteiger partial charge >= 0.3 is 6.09 Å². The van der Waals surface area contributed by atoms with Crippen molar-refractivity contribution in [3.63, 3.8) is 0 Å². The molecule has 0 N–H and O–H groups in total. The van der Waals surface area contributed by atoms with Crippen LogP contribution in [-0.2, 0) is 4.74 Å². The Morgan fingerprint density at radius 2 is 1.91 bits per heavy atom. The third kappa shape index (κ3) is 2.97. The molecule has 1 amide bonds. The standard InChI is InChI=1S/C15H21ClN4O2/c1-10-17-11(16)5-12(18-10)19-6-15(7-19)8-20(9-15)13(21)22-14(2,3)4/h5H,6-9H2,1-4H3. The minimum absolute atomic E-state index is 0.183. The van der Waals surface area contributed by atoms with Gasteiger partial charge < -0.3 is 14.5 Å². The smallest absolute Gasteiger partial charge is 0.410 e. The number of likely N-dealkylation sites (tertiary alicyclic amines) is 1. The van der Waals surface area contributed by atoms with Crippen LogP contribution in [0.5, 0.6) is 0 Å². The molecule has 2 aliphatic heterocycles. The maximum absolute atomic E-state index is 12.0. The minimum Gasteiger partial charge on any atom is -0.444 e. The zero-order chi connectivity index (χ0) is 16.1. The number of ether oxygens (including phenoxy) is 1. The molecule has 2 fully saturated rings. The Morgan fingerprint density at radius 1 is 1.27 bits per heavy atom. The summed E-state index contributed by atoms with van der Waals surface area (Å²) in [5.74, 6) is 1.53. The van der Waals surface area contributed by atoms with E-state index in [1.165, 1.54) is 0 Å². The molecule has 0 saturated carbocycles. The molecule has 0 bridgehead atoms. The number of amides is 1. The predicted molar refractivity (Wildman–Crippen MR) is 84.2 cm³/mol. The Labute approximate surface area is 135 Å². The summed E-state index contributed by atoms with van der Waals surface area (Å²) in [5.41, 5.74) is -0.261. The van der Waals surface area contributed by atoms with E-state index < -0.39 is 5.60 Å². The summed E-state index contributed by atoms with van der Waals surface area (Å²) in [6.07, 6.45) is -0.225. The van der Waals surface area contributed by atoms with Gasteiger partial charge in [-0.25, -0.2) is 14.8 Å². The van der Waals surface area contributed by atoms with E-state index in [0.29, 0.717) is 11.0 Å². The number of hydrogen-bond donors (Lipinski definition) is 0. The lowest BCUT2D eigenvalue weighted by molar-refractivity contribution is -0.0454. The van der Waals surface area contributed by atoms with Gasteiger partial charge in [0.05, 0.1) is 0 Å². The third-order valence-corrected chi connectivity index (χ3v) is 4.07. The number of nitrogens with zero attached hydrogens (tertiary/aromatic N) is 4. The fourth-order valence-electron chi connectivity index (χ4n) is 3.02. The highest BCUT2D eigenvalue weighted by atomic mass is 35.5. The van der Waals surface area contributed by atoms with Gasteiger partial charge in [-0.15, -0.1) is 0 Å². The molecule has 7 heteroatoms. The van der Waals surface area contributed by atoms with Crippen LogP contribution in [-0.4, -0.2) is 52.7 Å². The summed E-state index contributed by atoms with van der Waals surface area (Å²) in [4.78, 5) is 24.4. The molecular weight excluding hydrogens is 304 g/mol. The fourth-order valence-corrected chi connectivity index (χ4v) is 3.24. The lowest BCUT2D eigenvalue weighted by Gasteiger charge is -2.60. The topological polar surface area (TPSA) is 58.6 Å². The van der Waals surface area contributed by atoms with Gasteiger partial charge in [0.2, 0.25) is 0 Å². The number of carbonyl (C=O) groups excluding carboxylic acids is 1. The van der Waals surface area contributed by atoms with Gasteiger partial charge in [-0.05, 0) is 27.7 Å². The van der Waals surface area contributed by atoms with Crippen molar-refractivity contribution < 1.29 is 9.53 Å². The van der Waals surface area contributed by atoms with Crippen molar-refractivity contribution in [3.8, 4) is 0 Å². The van der Waals surface area contributed by atoms with Crippen LogP contribution in [0.2, 0.25) is 5.15 Å². The maximum atomic E-state index is 12.0. The zero-order valence-corrected chi connectivity index (χ0v) is 14.1. The number of carbonyl (C=O) groups is 1. The third-order valence-electron chi connectivity index (χ3n) is 3.87. The van der Waals surface area contributed by atoms with Gasteiger partial charge in [0.15, 0.2) is 0 Å². The first-order valence-electron chi connectivity index (χ1n) is 7.40. The second kappa shape index (κ2) is 4.98. The van der Waals surface area contributed by atoms with Crippen LogP contribution in [0.1, 0.15) is 26.6 Å². The lowest BCUT2D eigenvalue weighted by atomic mass is 9.73. The SMILES string of the molecule is Cc1nc(Cl)cc(N2CC3(CN(C(=O)OC(C)(C)C)C3)C2)n1. The first-order chi connectivity index (χ1) is 10.2. The minimum atomic E-state index is -0.444. The van der Waals surface area contributed by atoms with Gasteiger partial charge in [0.25, 0.3) is 0 Å². The van der Waals surface area contributed by atoms with Crippen LogP contribution >= 0.6 is 11.6 Å². The fraction of sp³-hybridized carbons (Fsp3) is 0.667. The van der Waals surface area contributed by atoms with Gasteiger partial charge in [0, 0.05) is 37.7 Å². The average Bonchev–Trinajstić information content (AvgIpc) is 2.20. The summed E-state index contributed by atoms with van der Waals surface area (Å²) in [7, 11) is 0. The van der Waals surface area contributed by atoms with E-state index in [1.54, 1.807) is 11.0 Å². The normalized spacial score (nSPS) is 19.7. The van der Waals surface area contributed by atoms with Crippen molar-refractivity contribution >= 4 is 23.5 Å². The molecule has 0 atom stereocenters.